The first-order chi connectivity index (χ1) is 17.1. The van der Waals surface area contributed by atoms with E-state index >= 15 is 0 Å². The molecule has 0 saturated carbocycles. The van der Waals surface area contributed by atoms with E-state index in [1.807, 2.05) is 36.4 Å². The molecule has 0 saturated heterocycles. The van der Waals surface area contributed by atoms with E-state index in [9.17, 15) is 4.79 Å². The number of ketones is 1. The predicted molar refractivity (Wildman–Crippen MR) is 143 cm³/mol. The number of Topliss-reactive ketones (excluding diaryl/α,β-unsaturated/α-hetero) is 1. The lowest BCUT2D eigenvalue weighted by atomic mass is 9.81. The van der Waals surface area contributed by atoms with Crippen LogP contribution in [-0.4, -0.2) is 11.8 Å². The van der Waals surface area contributed by atoms with Gasteiger partial charge in [-0.25, -0.2) is 0 Å². The first kappa shape index (κ1) is 21.6. The van der Waals surface area contributed by atoms with Gasteiger partial charge in [-0.1, -0.05) is 60.7 Å². The van der Waals surface area contributed by atoms with Gasteiger partial charge in [0.15, 0.2) is 5.78 Å². The topological polar surface area (TPSA) is 55.1 Å². The van der Waals surface area contributed by atoms with E-state index in [4.69, 9.17) is 5.73 Å². The van der Waals surface area contributed by atoms with Gasteiger partial charge in [0.2, 0.25) is 0 Å². The maximum absolute atomic E-state index is 13.7. The molecule has 0 amide bonds. The summed E-state index contributed by atoms with van der Waals surface area (Å²) in [6.45, 7) is 2.08. The van der Waals surface area contributed by atoms with Gasteiger partial charge < -0.3 is 11.1 Å². The first-order valence-electron chi connectivity index (χ1n) is 12.3. The first-order valence-corrected chi connectivity index (χ1v) is 12.3. The van der Waals surface area contributed by atoms with Crippen molar-refractivity contribution in [2.75, 3.05) is 5.32 Å². The summed E-state index contributed by atoms with van der Waals surface area (Å²) in [5.41, 5.74) is 13.8. The van der Waals surface area contributed by atoms with Crippen LogP contribution in [0.3, 0.4) is 0 Å². The maximum atomic E-state index is 13.7. The van der Waals surface area contributed by atoms with Crippen LogP contribution in [0.1, 0.15) is 33.5 Å². The number of carbonyl (C=O) groups is 1. The molecular weight excluding hydrogens is 428 g/mol. The Hall–Kier alpha value is -3.95. The Kier molecular flexibility index (Phi) is 5.35. The summed E-state index contributed by atoms with van der Waals surface area (Å²) in [7, 11) is 0. The Labute approximate surface area is 204 Å². The summed E-state index contributed by atoms with van der Waals surface area (Å²) in [5, 5.41) is 8.31. The molecule has 3 heteroatoms. The van der Waals surface area contributed by atoms with Crippen molar-refractivity contribution in [3.8, 4) is 0 Å². The molecule has 1 atom stereocenters. The number of rotatable bonds is 4. The van der Waals surface area contributed by atoms with Gasteiger partial charge in [-0.15, -0.1) is 0 Å². The second kappa shape index (κ2) is 8.68. The van der Waals surface area contributed by atoms with Gasteiger partial charge in [0, 0.05) is 28.6 Å². The van der Waals surface area contributed by atoms with E-state index in [0.29, 0.717) is 5.56 Å². The molecule has 6 rings (SSSR count). The van der Waals surface area contributed by atoms with Crippen LogP contribution in [-0.2, 0) is 12.8 Å². The van der Waals surface area contributed by atoms with Crippen molar-refractivity contribution < 1.29 is 4.79 Å². The molecule has 2 aliphatic carbocycles. The molecule has 4 aromatic carbocycles. The zero-order chi connectivity index (χ0) is 23.9. The van der Waals surface area contributed by atoms with Crippen LogP contribution >= 0.6 is 0 Å². The quantitative estimate of drug-likeness (QED) is 0.439. The summed E-state index contributed by atoms with van der Waals surface area (Å²) in [5.74, 6) is 0.0287. The molecule has 0 aromatic heterocycles. The molecule has 0 fully saturated rings. The van der Waals surface area contributed by atoms with E-state index in [-0.39, 0.29) is 11.8 Å². The number of benzene rings is 4. The molecular formula is C32H28N2O. The fourth-order valence-corrected chi connectivity index (χ4v) is 5.51. The number of nitrogens with one attached hydrogen (secondary N) is 1. The molecule has 0 heterocycles. The Morgan fingerprint density at radius 3 is 2.40 bits per heavy atom. The number of anilines is 2. The number of nitrogens with two attached hydrogens (primary N) is 1. The Morgan fingerprint density at radius 2 is 1.57 bits per heavy atom. The average Bonchev–Trinajstić information content (AvgIpc) is 2.89. The van der Waals surface area contributed by atoms with Gasteiger partial charge in [0.1, 0.15) is 0 Å². The Bertz CT molecular complexity index is 1680. The molecule has 3 nitrogen and oxygen atoms in total. The molecule has 35 heavy (non-hydrogen) atoms. The highest BCUT2D eigenvalue weighted by atomic mass is 16.1. The van der Waals surface area contributed by atoms with Crippen LogP contribution in [0.4, 0.5) is 11.4 Å². The highest BCUT2D eigenvalue weighted by Crippen LogP contribution is 2.25. The standard InChI is InChI=1S/C32H28N2O/c1-20-6-2-5-9-30(20)34-23-13-10-22(11-14-23)32(35)31-28-17-16-25-24-8-4-3-7-21(24)12-15-26(25)27(28)18-19-29(31)33/h2-14,16-17,29,34H,15,18-19,33H2,1H3. The lowest BCUT2D eigenvalue weighted by molar-refractivity contribution is 0.105. The third kappa shape index (κ3) is 3.78. The molecule has 3 N–H and O–H groups in total. The maximum Gasteiger partial charge on any atom is 0.191 e. The molecule has 172 valence electrons. The number of hydrogen-bond donors (Lipinski definition) is 2. The third-order valence-electron chi connectivity index (χ3n) is 7.39. The highest BCUT2D eigenvalue weighted by Gasteiger charge is 2.26. The second-order valence-electron chi connectivity index (χ2n) is 9.52. The minimum Gasteiger partial charge on any atom is -0.355 e. The lowest BCUT2D eigenvalue weighted by Gasteiger charge is -2.24. The fourth-order valence-electron chi connectivity index (χ4n) is 5.51. The summed E-state index contributed by atoms with van der Waals surface area (Å²) in [6.07, 6.45) is 4.89. The molecule has 4 aromatic rings. The minimum absolute atomic E-state index is 0.0287. The van der Waals surface area contributed by atoms with Gasteiger partial charge in [-0.2, -0.15) is 0 Å². The van der Waals surface area contributed by atoms with E-state index in [1.165, 1.54) is 32.3 Å². The number of carbonyl (C=O) groups excluding carboxylic acids is 1. The number of para-hydroxylation sites is 1. The molecule has 1 unspecified atom stereocenters. The molecule has 0 spiro atoms. The zero-order valence-corrected chi connectivity index (χ0v) is 19.8. The monoisotopic (exact) mass is 456 g/mol. The summed E-state index contributed by atoms with van der Waals surface area (Å²) in [4.78, 5) is 13.7. The van der Waals surface area contributed by atoms with Crippen molar-refractivity contribution in [2.45, 2.75) is 32.2 Å². The molecule has 2 aliphatic rings. The van der Waals surface area contributed by atoms with Crippen molar-refractivity contribution in [1.82, 2.24) is 0 Å². The number of fused-ring (bicyclic) bond motifs is 4. The molecule has 0 radical (unpaired) electrons. The van der Waals surface area contributed by atoms with E-state index in [2.05, 4.69) is 66.8 Å². The lowest BCUT2D eigenvalue weighted by Crippen LogP contribution is -2.38. The van der Waals surface area contributed by atoms with Crippen molar-refractivity contribution in [2.24, 2.45) is 5.73 Å². The van der Waals surface area contributed by atoms with Gasteiger partial charge in [0.25, 0.3) is 0 Å². The van der Waals surface area contributed by atoms with Crippen LogP contribution in [0.25, 0.3) is 11.6 Å². The summed E-state index contributed by atoms with van der Waals surface area (Å²) >= 11 is 0. The average molecular weight is 457 g/mol. The zero-order valence-electron chi connectivity index (χ0n) is 19.8. The Morgan fingerprint density at radius 1 is 0.829 bits per heavy atom. The molecule has 0 bridgehead atoms. The third-order valence-corrected chi connectivity index (χ3v) is 7.39. The van der Waals surface area contributed by atoms with Gasteiger partial charge in [-0.05, 0) is 94.1 Å². The summed E-state index contributed by atoms with van der Waals surface area (Å²) < 4.78 is 0. The van der Waals surface area contributed by atoms with Crippen LogP contribution in [0.5, 0.6) is 0 Å². The van der Waals surface area contributed by atoms with Crippen LogP contribution in [0, 0.1) is 17.4 Å². The fraction of sp³-hybridized carbons (Fsp3) is 0.156. The second-order valence-corrected chi connectivity index (χ2v) is 9.52. The Balaban J connectivity index is 1.42. The van der Waals surface area contributed by atoms with Crippen LogP contribution < -0.4 is 21.5 Å². The smallest absolute Gasteiger partial charge is 0.191 e. The van der Waals surface area contributed by atoms with Gasteiger partial charge in [-0.3, -0.25) is 4.79 Å². The highest BCUT2D eigenvalue weighted by molar-refractivity contribution is 6.25. The number of aryl methyl sites for hydroxylation is 1. The predicted octanol–water partition coefficient (Wildman–Crippen LogP) is 4.67. The van der Waals surface area contributed by atoms with Crippen LogP contribution in [0.2, 0.25) is 0 Å². The number of hydrogen-bond acceptors (Lipinski definition) is 3. The van der Waals surface area contributed by atoms with Crippen molar-refractivity contribution in [3.05, 3.63) is 128 Å². The van der Waals surface area contributed by atoms with Crippen LogP contribution in [0.15, 0.2) is 84.9 Å². The van der Waals surface area contributed by atoms with Gasteiger partial charge >= 0.3 is 0 Å². The SMILES string of the molecule is Cc1ccccc1Nc1ccc(C(=O)C2=c3ccc4c(c3CCC2N)CC=c2ccccc2=4)cc1. The molecule has 0 aliphatic heterocycles. The van der Waals surface area contributed by atoms with Gasteiger partial charge in [0.05, 0.1) is 0 Å². The minimum atomic E-state index is -0.252. The summed E-state index contributed by atoms with van der Waals surface area (Å²) in [6, 6.07) is 28.5. The van der Waals surface area contributed by atoms with E-state index in [1.54, 1.807) is 0 Å². The van der Waals surface area contributed by atoms with Crippen molar-refractivity contribution >= 4 is 28.8 Å². The van der Waals surface area contributed by atoms with Crippen molar-refractivity contribution in [3.63, 3.8) is 0 Å². The largest absolute Gasteiger partial charge is 0.355 e. The van der Waals surface area contributed by atoms with E-state index in [0.717, 1.165) is 41.4 Å². The normalized spacial score (nSPS) is 15.9. The van der Waals surface area contributed by atoms with E-state index < -0.39 is 0 Å². The van der Waals surface area contributed by atoms with Crippen molar-refractivity contribution in [1.29, 1.82) is 0 Å².